The van der Waals surface area contributed by atoms with Gasteiger partial charge in [0, 0.05) is 33.5 Å². The van der Waals surface area contributed by atoms with Gasteiger partial charge >= 0.3 is 0 Å². The Morgan fingerprint density at radius 2 is 2.38 bits per heavy atom. The molecule has 0 unspecified atom stereocenters. The molecule has 0 aromatic carbocycles. The van der Waals surface area contributed by atoms with Crippen LogP contribution < -0.4 is 5.73 Å². The zero-order valence-electron chi connectivity index (χ0n) is 9.64. The summed E-state index contributed by atoms with van der Waals surface area (Å²) < 4.78 is 4.93. The third kappa shape index (κ3) is 3.20. The van der Waals surface area contributed by atoms with Crippen LogP contribution in [0.1, 0.15) is 16.8 Å². The molecule has 0 bridgehead atoms. The monoisotopic (exact) mass is 223 g/mol. The van der Waals surface area contributed by atoms with Crippen molar-refractivity contribution in [2.24, 2.45) is 0 Å². The van der Waals surface area contributed by atoms with Crippen LogP contribution in [0.4, 0.5) is 5.82 Å². The van der Waals surface area contributed by atoms with Crippen LogP contribution in [0.3, 0.4) is 0 Å². The molecule has 1 aromatic heterocycles. The number of nitrogen functional groups attached to an aromatic ring is 1. The first kappa shape index (κ1) is 12.4. The first-order valence-corrected chi connectivity index (χ1v) is 5.11. The van der Waals surface area contributed by atoms with Crippen molar-refractivity contribution in [2.75, 3.05) is 33.0 Å². The van der Waals surface area contributed by atoms with E-state index in [4.69, 9.17) is 10.5 Å². The van der Waals surface area contributed by atoms with E-state index in [1.54, 1.807) is 37.4 Å². The van der Waals surface area contributed by atoms with Gasteiger partial charge in [-0.25, -0.2) is 4.98 Å². The van der Waals surface area contributed by atoms with Crippen molar-refractivity contribution >= 4 is 11.7 Å². The molecular formula is C11H17N3O2. The molecule has 1 amide bonds. The summed E-state index contributed by atoms with van der Waals surface area (Å²) in [6, 6.07) is 3.38. The van der Waals surface area contributed by atoms with Crippen molar-refractivity contribution < 1.29 is 9.53 Å². The Bertz CT molecular complexity index is 355. The van der Waals surface area contributed by atoms with E-state index in [1.165, 1.54) is 0 Å². The third-order valence-corrected chi connectivity index (χ3v) is 2.26. The summed E-state index contributed by atoms with van der Waals surface area (Å²) in [4.78, 5) is 17.4. The van der Waals surface area contributed by atoms with E-state index in [2.05, 4.69) is 4.98 Å². The molecule has 0 aliphatic rings. The molecular weight excluding hydrogens is 206 g/mol. The number of amides is 1. The highest BCUT2D eigenvalue weighted by atomic mass is 16.5. The second-order valence-corrected chi connectivity index (χ2v) is 3.51. The Morgan fingerprint density at radius 1 is 1.62 bits per heavy atom. The molecule has 1 aromatic rings. The van der Waals surface area contributed by atoms with Gasteiger partial charge in [0.15, 0.2) is 0 Å². The Balaban J connectivity index is 2.60. The van der Waals surface area contributed by atoms with Gasteiger partial charge in [0.1, 0.15) is 5.82 Å². The van der Waals surface area contributed by atoms with Gasteiger partial charge < -0.3 is 15.4 Å². The standard InChI is InChI=1S/C11H17N3O2/c1-14(7-4-8-16-2)11(15)9-5-3-6-13-10(9)12/h3,5-6H,4,7-8H2,1-2H3,(H2,12,13). The van der Waals surface area contributed by atoms with Gasteiger partial charge in [-0.3, -0.25) is 4.79 Å². The highest BCUT2D eigenvalue weighted by Crippen LogP contribution is 2.09. The van der Waals surface area contributed by atoms with Crippen molar-refractivity contribution in [3.05, 3.63) is 23.9 Å². The van der Waals surface area contributed by atoms with Crippen LogP contribution in [0.2, 0.25) is 0 Å². The summed E-state index contributed by atoms with van der Waals surface area (Å²) in [5.74, 6) is 0.160. The minimum absolute atomic E-state index is 0.110. The fraction of sp³-hybridized carbons (Fsp3) is 0.455. The minimum atomic E-state index is -0.110. The summed E-state index contributed by atoms with van der Waals surface area (Å²) in [6.07, 6.45) is 2.37. The Morgan fingerprint density at radius 3 is 3.00 bits per heavy atom. The number of pyridine rings is 1. The normalized spacial score (nSPS) is 10.1. The summed E-state index contributed by atoms with van der Waals surface area (Å²) >= 11 is 0. The van der Waals surface area contributed by atoms with Gasteiger partial charge in [-0.2, -0.15) is 0 Å². The maximum absolute atomic E-state index is 11.9. The van der Waals surface area contributed by atoms with Crippen LogP contribution >= 0.6 is 0 Å². The van der Waals surface area contributed by atoms with Crippen LogP contribution in [0, 0.1) is 0 Å². The second kappa shape index (κ2) is 6.07. The molecule has 0 aliphatic carbocycles. The number of nitrogens with zero attached hydrogens (tertiary/aromatic N) is 2. The fourth-order valence-electron chi connectivity index (χ4n) is 1.35. The largest absolute Gasteiger partial charge is 0.385 e. The molecule has 2 N–H and O–H groups in total. The highest BCUT2D eigenvalue weighted by molar-refractivity contribution is 5.98. The summed E-state index contributed by atoms with van der Waals surface area (Å²) in [5.41, 5.74) is 6.08. The maximum atomic E-state index is 11.9. The predicted molar refractivity (Wildman–Crippen MR) is 62.1 cm³/mol. The second-order valence-electron chi connectivity index (χ2n) is 3.51. The molecule has 0 atom stereocenters. The highest BCUT2D eigenvalue weighted by Gasteiger charge is 2.14. The number of methoxy groups -OCH3 is 1. The fourth-order valence-corrected chi connectivity index (χ4v) is 1.35. The van der Waals surface area contributed by atoms with Gasteiger partial charge in [-0.05, 0) is 18.6 Å². The number of hydrogen-bond acceptors (Lipinski definition) is 4. The van der Waals surface area contributed by atoms with Gasteiger partial charge in [0.2, 0.25) is 0 Å². The Hall–Kier alpha value is -1.62. The lowest BCUT2D eigenvalue weighted by Gasteiger charge is -2.17. The van der Waals surface area contributed by atoms with Gasteiger partial charge in [0.05, 0.1) is 5.56 Å². The summed E-state index contributed by atoms with van der Waals surface area (Å²) in [7, 11) is 3.38. The van der Waals surface area contributed by atoms with E-state index < -0.39 is 0 Å². The van der Waals surface area contributed by atoms with Crippen LogP contribution in [0.25, 0.3) is 0 Å². The molecule has 5 nitrogen and oxygen atoms in total. The number of rotatable bonds is 5. The van der Waals surface area contributed by atoms with Crippen molar-refractivity contribution in [1.82, 2.24) is 9.88 Å². The average molecular weight is 223 g/mol. The topological polar surface area (TPSA) is 68.5 Å². The van der Waals surface area contributed by atoms with E-state index >= 15 is 0 Å². The van der Waals surface area contributed by atoms with Gasteiger partial charge in [-0.15, -0.1) is 0 Å². The number of hydrogen-bond donors (Lipinski definition) is 1. The molecule has 16 heavy (non-hydrogen) atoms. The first-order valence-electron chi connectivity index (χ1n) is 5.11. The van der Waals surface area contributed by atoms with Crippen LogP contribution in [-0.4, -0.2) is 43.1 Å². The minimum Gasteiger partial charge on any atom is -0.385 e. The Kier molecular flexibility index (Phi) is 4.72. The number of aromatic nitrogens is 1. The molecule has 1 rings (SSSR count). The van der Waals surface area contributed by atoms with Crippen molar-refractivity contribution in [3.8, 4) is 0 Å². The molecule has 0 aliphatic heterocycles. The molecule has 1 heterocycles. The number of carbonyl (C=O) groups is 1. The van der Waals surface area contributed by atoms with Crippen molar-refractivity contribution in [3.63, 3.8) is 0 Å². The van der Waals surface area contributed by atoms with Crippen LogP contribution in [0.15, 0.2) is 18.3 Å². The van der Waals surface area contributed by atoms with E-state index in [-0.39, 0.29) is 11.7 Å². The summed E-state index contributed by atoms with van der Waals surface area (Å²) in [5, 5.41) is 0. The molecule has 5 heteroatoms. The predicted octanol–water partition coefficient (Wildman–Crippen LogP) is 0.772. The zero-order valence-corrected chi connectivity index (χ0v) is 9.64. The molecule has 88 valence electrons. The number of ether oxygens (including phenoxy) is 1. The first-order chi connectivity index (χ1) is 7.66. The number of nitrogens with two attached hydrogens (primary N) is 1. The third-order valence-electron chi connectivity index (χ3n) is 2.26. The van der Waals surface area contributed by atoms with Crippen LogP contribution in [-0.2, 0) is 4.74 Å². The zero-order chi connectivity index (χ0) is 12.0. The molecule has 0 radical (unpaired) electrons. The summed E-state index contributed by atoms with van der Waals surface area (Å²) in [6.45, 7) is 1.28. The molecule has 0 saturated carbocycles. The Labute approximate surface area is 95.2 Å². The van der Waals surface area contributed by atoms with Gasteiger partial charge in [0.25, 0.3) is 5.91 Å². The van der Waals surface area contributed by atoms with E-state index in [9.17, 15) is 4.79 Å². The lowest BCUT2D eigenvalue weighted by Crippen LogP contribution is -2.29. The number of carbonyl (C=O) groups excluding carboxylic acids is 1. The van der Waals surface area contributed by atoms with E-state index in [0.717, 1.165) is 6.42 Å². The maximum Gasteiger partial charge on any atom is 0.257 e. The quantitative estimate of drug-likeness (QED) is 0.749. The van der Waals surface area contributed by atoms with E-state index in [1.807, 2.05) is 0 Å². The number of anilines is 1. The molecule has 0 saturated heterocycles. The molecule has 0 fully saturated rings. The van der Waals surface area contributed by atoms with Crippen molar-refractivity contribution in [1.29, 1.82) is 0 Å². The van der Waals surface area contributed by atoms with Gasteiger partial charge in [-0.1, -0.05) is 0 Å². The van der Waals surface area contributed by atoms with E-state index in [0.29, 0.717) is 18.7 Å². The average Bonchev–Trinajstić information content (AvgIpc) is 2.29. The van der Waals surface area contributed by atoms with Crippen molar-refractivity contribution in [2.45, 2.75) is 6.42 Å². The SMILES string of the molecule is COCCCN(C)C(=O)c1cccnc1N. The lowest BCUT2D eigenvalue weighted by atomic mass is 10.2. The smallest absolute Gasteiger partial charge is 0.257 e. The van der Waals surface area contributed by atoms with Crippen LogP contribution in [0.5, 0.6) is 0 Å². The lowest BCUT2D eigenvalue weighted by molar-refractivity contribution is 0.0780. The molecule has 0 spiro atoms.